The Kier molecular flexibility index (Phi) is 6.19. The van der Waals surface area contributed by atoms with Crippen molar-refractivity contribution >= 4 is 29.0 Å². The van der Waals surface area contributed by atoms with Gasteiger partial charge < -0.3 is 15.5 Å². The van der Waals surface area contributed by atoms with Crippen LogP contribution in [-0.2, 0) is 11.3 Å². The second kappa shape index (κ2) is 8.97. The zero-order valence-corrected chi connectivity index (χ0v) is 16.6. The van der Waals surface area contributed by atoms with Crippen LogP contribution in [0.3, 0.4) is 0 Å². The quantitative estimate of drug-likeness (QED) is 0.670. The van der Waals surface area contributed by atoms with Crippen molar-refractivity contribution in [1.29, 1.82) is 0 Å². The summed E-state index contributed by atoms with van der Waals surface area (Å²) in [5, 5.41) is 5.89. The molecule has 0 fully saturated rings. The summed E-state index contributed by atoms with van der Waals surface area (Å²) in [5.74, 6) is 0.728. The number of benzene rings is 2. The third kappa shape index (κ3) is 5.62. The highest BCUT2D eigenvalue weighted by atomic mass is 16.2. The number of hydrogen-bond acceptors (Lipinski definition) is 5. The van der Waals surface area contributed by atoms with Gasteiger partial charge in [-0.05, 0) is 36.8 Å². The van der Waals surface area contributed by atoms with E-state index in [0.717, 1.165) is 11.3 Å². The van der Waals surface area contributed by atoms with E-state index in [1.54, 1.807) is 37.1 Å². The van der Waals surface area contributed by atoms with Gasteiger partial charge in [-0.15, -0.1) is 0 Å². The zero-order chi connectivity index (χ0) is 20.8. The second-order valence-electron chi connectivity index (χ2n) is 6.72. The SMILES string of the molecule is CC(=O)Nc1ccc(Nc2cc(C(=O)N(C)Cc3ccccc3)nc(C)n2)cc1. The predicted molar refractivity (Wildman–Crippen MR) is 113 cm³/mol. The van der Waals surface area contributed by atoms with Crippen LogP contribution in [0.1, 0.15) is 28.8 Å². The smallest absolute Gasteiger partial charge is 0.272 e. The first-order chi connectivity index (χ1) is 13.9. The Hall–Kier alpha value is -3.74. The Bertz CT molecular complexity index is 1000. The third-order valence-corrected chi connectivity index (χ3v) is 4.14. The van der Waals surface area contributed by atoms with Gasteiger partial charge in [0.2, 0.25) is 5.91 Å². The van der Waals surface area contributed by atoms with Gasteiger partial charge in [-0.25, -0.2) is 9.97 Å². The average molecular weight is 389 g/mol. The standard InChI is InChI=1S/C22H23N5O2/c1-15-23-20(22(29)27(3)14-17-7-5-4-6-8-17)13-21(24-15)26-19-11-9-18(10-12-19)25-16(2)28/h4-13H,14H2,1-3H3,(H,25,28)(H,23,24,26). The molecule has 2 N–H and O–H groups in total. The first-order valence-corrected chi connectivity index (χ1v) is 9.20. The van der Waals surface area contributed by atoms with E-state index < -0.39 is 0 Å². The lowest BCUT2D eigenvalue weighted by Crippen LogP contribution is -2.27. The van der Waals surface area contributed by atoms with Gasteiger partial charge in [0.1, 0.15) is 17.3 Å². The third-order valence-electron chi connectivity index (χ3n) is 4.14. The van der Waals surface area contributed by atoms with Crippen molar-refractivity contribution in [3.8, 4) is 0 Å². The van der Waals surface area contributed by atoms with E-state index >= 15 is 0 Å². The largest absolute Gasteiger partial charge is 0.340 e. The normalized spacial score (nSPS) is 10.3. The second-order valence-corrected chi connectivity index (χ2v) is 6.72. The maximum Gasteiger partial charge on any atom is 0.272 e. The number of hydrogen-bond donors (Lipinski definition) is 2. The fourth-order valence-electron chi connectivity index (χ4n) is 2.85. The van der Waals surface area contributed by atoms with E-state index in [9.17, 15) is 9.59 Å². The summed E-state index contributed by atoms with van der Waals surface area (Å²) < 4.78 is 0. The molecule has 0 atom stereocenters. The first kappa shape index (κ1) is 20.0. The van der Waals surface area contributed by atoms with Crippen molar-refractivity contribution in [2.24, 2.45) is 0 Å². The molecule has 0 aliphatic heterocycles. The lowest BCUT2D eigenvalue weighted by Gasteiger charge is -2.17. The summed E-state index contributed by atoms with van der Waals surface area (Å²) in [5.41, 5.74) is 2.87. The van der Waals surface area contributed by atoms with Gasteiger partial charge in [0.25, 0.3) is 5.91 Å². The van der Waals surface area contributed by atoms with Crippen LogP contribution in [0.5, 0.6) is 0 Å². The Balaban J connectivity index is 1.73. The van der Waals surface area contributed by atoms with Crippen LogP contribution >= 0.6 is 0 Å². The zero-order valence-electron chi connectivity index (χ0n) is 16.6. The number of anilines is 3. The van der Waals surface area contributed by atoms with Gasteiger partial charge in [-0.2, -0.15) is 0 Å². The molecule has 0 aliphatic rings. The average Bonchev–Trinajstić information content (AvgIpc) is 2.69. The number of aromatic nitrogens is 2. The van der Waals surface area contributed by atoms with Gasteiger partial charge >= 0.3 is 0 Å². The number of nitrogens with zero attached hydrogens (tertiary/aromatic N) is 3. The fraction of sp³-hybridized carbons (Fsp3) is 0.182. The van der Waals surface area contributed by atoms with E-state index in [1.165, 1.54) is 6.92 Å². The molecule has 29 heavy (non-hydrogen) atoms. The molecule has 1 heterocycles. The minimum absolute atomic E-state index is 0.125. The molecule has 7 heteroatoms. The van der Waals surface area contributed by atoms with Gasteiger partial charge in [0, 0.05) is 38.0 Å². The van der Waals surface area contributed by atoms with Crippen molar-refractivity contribution in [2.75, 3.05) is 17.7 Å². The van der Waals surface area contributed by atoms with Crippen molar-refractivity contribution in [3.05, 3.63) is 77.7 Å². The molecule has 0 unspecified atom stereocenters. The summed E-state index contributed by atoms with van der Waals surface area (Å²) in [6.07, 6.45) is 0. The fourth-order valence-corrected chi connectivity index (χ4v) is 2.85. The number of rotatable bonds is 6. The Morgan fingerprint density at radius 3 is 2.28 bits per heavy atom. The molecule has 0 spiro atoms. The van der Waals surface area contributed by atoms with Crippen LogP contribution in [0.2, 0.25) is 0 Å². The molecule has 7 nitrogen and oxygen atoms in total. The minimum Gasteiger partial charge on any atom is -0.340 e. The highest BCUT2D eigenvalue weighted by Gasteiger charge is 2.16. The molecular formula is C22H23N5O2. The van der Waals surface area contributed by atoms with Crippen LogP contribution in [0.25, 0.3) is 0 Å². The topological polar surface area (TPSA) is 87.2 Å². The monoisotopic (exact) mass is 389 g/mol. The number of carbonyl (C=O) groups excluding carboxylic acids is 2. The molecule has 0 bridgehead atoms. The van der Waals surface area contributed by atoms with E-state index in [2.05, 4.69) is 20.6 Å². The number of aryl methyl sites for hydroxylation is 1. The lowest BCUT2D eigenvalue weighted by atomic mass is 10.2. The Morgan fingerprint density at radius 2 is 1.62 bits per heavy atom. The molecule has 148 valence electrons. The summed E-state index contributed by atoms with van der Waals surface area (Å²) in [7, 11) is 1.75. The Labute approximate surface area is 169 Å². The summed E-state index contributed by atoms with van der Waals surface area (Å²) in [6.45, 7) is 3.71. The lowest BCUT2D eigenvalue weighted by molar-refractivity contribution is -0.114. The Morgan fingerprint density at radius 1 is 0.966 bits per heavy atom. The number of amides is 2. The molecule has 0 saturated carbocycles. The minimum atomic E-state index is -0.177. The van der Waals surface area contributed by atoms with Crippen molar-refractivity contribution in [3.63, 3.8) is 0 Å². The summed E-state index contributed by atoms with van der Waals surface area (Å²) in [6, 6.07) is 18.7. The van der Waals surface area contributed by atoms with Crippen molar-refractivity contribution in [2.45, 2.75) is 20.4 Å². The molecule has 1 aromatic heterocycles. The van der Waals surface area contributed by atoms with Crippen LogP contribution in [-0.4, -0.2) is 33.7 Å². The van der Waals surface area contributed by atoms with E-state index in [1.807, 2.05) is 42.5 Å². The molecule has 2 amide bonds. The number of nitrogens with one attached hydrogen (secondary N) is 2. The molecular weight excluding hydrogens is 366 g/mol. The first-order valence-electron chi connectivity index (χ1n) is 9.20. The van der Waals surface area contributed by atoms with Crippen LogP contribution in [0, 0.1) is 6.92 Å². The maximum absolute atomic E-state index is 12.8. The predicted octanol–water partition coefficient (Wildman–Crippen LogP) is 3.76. The van der Waals surface area contributed by atoms with Crippen LogP contribution < -0.4 is 10.6 Å². The summed E-state index contributed by atoms with van der Waals surface area (Å²) in [4.78, 5) is 34.2. The molecule has 0 saturated heterocycles. The molecule has 0 aliphatic carbocycles. The van der Waals surface area contributed by atoms with Gasteiger partial charge in [-0.1, -0.05) is 30.3 Å². The van der Waals surface area contributed by atoms with E-state index in [4.69, 9.17) is 0 Å². The van der Waals surface area contributed by atoms with Crippen LogP contribution in [0.4, 0.5) is 17.2 Å². The number of carbonyl (C=O) groups is 2. The summed E-state index contributed by atoms with van der Waals surface area (Å²) >= 11 is 0. The molecule has 3 aromatic rings. The maximum atomic E-state index is 12.8. The van der Waals surface area contributed by atoms with Crippen LogP contribution in [0.15, 0.2) is 60.7 Å². The van der Waals surface area contributed by atoms with Gasteiger partial charge in [0.05, 0.1) is 0 Å². The molecule has 0 radical (unpaired) electrons. The highest BCUT2D eigenvalue weighted by Crippen LogP contribution is 2.19. The van der Waals surface area contributed by atoms with E-state index in [0.29, 0.717) is 29.6 Å². The van der Waals surface area contributed by atoms with Crippen molar-refractivity contribution < 1.29 is 9.59 Å². The highest BCUT2D eigenvalue weighted by molar-refractivity contribution is 5.93. The van der Waals surface area contributed by atoms with Gasteiger partial charge in [0.15, 0.2) is 0 Å². The van der Waals surface area contributed by atoms with Gasteiger partial charge in [-0.3, -0.25) is 9.59 Å². The van der Waals surface area contributed by atoms with E-state index in [-0.39, 0.29) is 11.8 Å². The van der Waals surface area contributed by atoms with Crippen molar-refractivity contribution in [1.82, 2.24) is 14.9 Å². The molecule has 3 rings (SSSR count). The molecule has 2 aromatic carbocycles.